The standard InChI is InChI=1S/C24H19N2O3PS/c25-21-12-11-18(23-10-5-13-31-23)15-22(21)26-24(27)19-7-4-6-17(14-19)16-29-30(28)20-8-2-1-3-9-20/h1-15H,16,25H2/p+1. The van der Waals surface area contributed by atoms with E-state index < -0.39 is 8.03 Å². The van der Waals surface area contributed by atoms with Gasteiger partial charge in [-0.05, 0) is 63.5 Å². The topological polar surface area (TPSA) is 81.4 Å². The minimum atomic E-state index is -1.96. The lowest BCUT2D eigenvalue weighted by molar-refractivity contribution is 0.102. The second-order valence-electron chi connectivity index (χ2n) is 6.80. The molecule has 0 saturated carbocycles. The van der Waals surface area contributed by atoms with Crippen molar-refractivity contribution in [3.8, 4) is 10.4 Å². The van der Waals surface area contributed by atoms with Gasteiger partial charge in [0.05, 0.1) is 11.4 Å². The average Bonchev–Trinajstić information content (AvgIpc) is 3.35. The van der Waals surface area contributed by atoms with E-state index in [1.807, 2.05) is 53.9 Å². The van der Waals surface area contributed by atoms with E-state index in [4.69, 9.17) is 10.3 Å². The predicted molar refractivity (Wildman–Crippen MR) is 127 cm³/mol. The lowest BCUT2D eigenvalue weighted by Crippen LogP contribution is -2.13. The van der Waals surface area contributed by atoms with Crippen molar-refractivity contribution in [2.75, 3.05) is 11.1 Å². The van der Waals surface area contributed by atoms with Crippen molar-refractivity contribution in [2.24, 2.45) is 0 Å². The first-order valence-electron chi connectivity index (χ1n) is 9.59. The summed E-state index contributed by atoms with van der Waals surface area (Å²) in [6.45, 7) is 0.140. The summed E-state index contributed by atoms with van der Waals surface area (Å²) in [5.74, 6) is -0.274. The van der Waals surface area contributed by atoms with Gasteiger partial charge in [-0.3, -0.25) is 4.79 Å². The predicted octanol–water partition coefficient (Wildman–Crippen LogP) is 5.83. The maximum Gasteiger partial charge on any atom is 0.549 e. The molecule has 7 heteroatoms. The largest absolute Gasteiger partial charge is 0.549 e. The molecular weight excluding hydrogens is 427 g/mol. The molecule has 154 valence electrons. The molecule has 1 amide bonds. The summed E-state index contributed by atoms with van der Waals surface area (Å²) in [6.07, 6.45) is 0. The third-order valence-corrected chi connectivity index (χ3v) is 6.61. The molecule has 3 N–H and O–H groups in total. The fourth-order valence-electron chi connectivity index (χ4n) is 3.01. The van der Waals surface area contributed by atoms with Crippen LogP contribution in [-0.4, -0.2) is 5.91 Å². The summed E-state index contributed by atoms with van der Waals surface area (Å²) in [6, 6.07) is 25.6. The Bertz CT molecular complexity index is 1210. The molecule has 5 nitrogen and oxygen atoms in total. The summed E-state index contributed by atoms with van der Waals surface area (Å²) in [7, 11) is -1.96. The third-order valence-electron chi connectivity index (χ3n) is 4.61. The Morgan fingerprint density at radius 2 is 1.81 bits per heavy atom. The number of carbonyl (C=O) groups excluding carboxylic acids is 1. The molecule has 0 radical (unpaired) electrons. The number of nitrogens with two attached hydrogens (primary N) is 1. The van der Waals surface area contributed by atoms with E-state index in [0.29, 0.717) is 22.2 Å². The molecule has 3 aromatic carbocycles. The van der Waals surface area contributed by atoms with E-state index in [0.717, 1.165) is 16.0 Å². The maximum atomic E-state index is 12.8. The van der Waals surface area contributed by atoms with Gasteiger partial charge in [0, 0.05) is 10.4 Å². The molecule has 1 heterocycles. The van der Waals surface area contributed by atoms with Crippen LogP contribution < -0.4 is 16.4 Å². The Labute approximate surface area is 185 Å². The van der Waals surface area contributed by atoms with Gasteiger partial charge in [-0.2, -0.15) is 0 Å². The van der Waals surface area contributed by atoms with Crippen LogP contribution in [-0.2, 0) is 15.7 Å². The summed E-state index contributed by atoms with van der Waals surface area (Å²) in [5, 5.41) is 5.52. The second kappa shape index (κ2) is 9.67. The van der Waals surface area contributed by atoms with Crippen molar-refractivity contribution in [1.82, 2.24) is 0 Å². The van der Waals surface area contributed by atoms with Gasteiger partial charge in [0.1, 0.15) is 6.61 Å². The van der Waals surface area contributed by atoms with Gasteiger partial charge in [0.15, 0.2) is 0 Å². The van der Waals surface area contributed by atoms with Crippen LogP contribution in [0.15, 0.2) is 90.3 Å². The highest BCUT2D eigenvalue weighted by molar-refractivity contribution is 7.48. The highest BCUT2D eigenvalue weighted by Gasteiger charge is 2.21. The van der Waals surface area contributed by atoms with Crippen molar-refractivity contribution in [2.45, 2.75) is 6.61 Å². The molecule has 1 aromatic heterocycles. The molecule has 0 saturated heterocycles. The number of nitrogen functional groups attached to an aromatic ring is 1. The van der Waals surface area contributed by atoms with Crippen molar-refractivity contribution < 1.29 is 13.9 Å². The van der Waals surface area contributed by atoms with Gasteiger partial charge < -0.3 is 11.1 Å². The van der Waals surface area contributed by atoms with Gasteiger partial charge in [0.25, 0.3) is 5.91 Å². The van der Waals surface area contributed by atoms with E-state index in [1.54, 1.807) is 47.7 Å². The SMILES string of the molecule is Nc1ccc(-c2cccs2)cc1NC(=O)c1cccc(CO[P+](=O)c2ccccc2)c1. The number of carbonyl (C=O) groups is 1. The first-order chi connectivity index (χ1) is 15.1. The fourth-order valence-corrected chi connectivity index (χ4v) is 4.57. The molecule has 0 bridgehead atoms. The first kappa shape index (κ1) is 20.9. The molecule has 0 fully saturated rings. The van der Waals surface area contributed by atoms with E-state index in [-0.39, 0.29) is 12.5 Å². The minimum absolute atomic E-state index is 0.140. The highest BCUT2D eigenvalue weighted by Crippen LogP contribution is 2.30. The lowest BCUT2D eigenvalue weighted by Gasteiger charge is -2.10. The van der Waals surface area contributed by atoms with Crippen LogP contribution in [0.5, 0.6) is 0 Å². The zero-order valence-corrected chi connectivity index (χ0v) is 18.2. The van der Waals surface area contributed by atoms with Crippen LogP contribution in [0.3, 0.4) is 0 Å². The maximum absolute atomic E-state index is 12.8. The molecular formula is C24H20N2O3PS+. The zero-order chi connectivity index (χ0) is 21.6. The molecule has 0 aliphatic carbocycles. The monoisotopic (exact) mass is 447 g/mol. The average molecular weight is 447 g/mol. The highest BCUT2D eigenvalue weighted by atomic mass is 32.1. The molecule has 1 atom stereocenters. The first-order valence-corrected chi connectivity index (χ1v) is 11.6. The molecule has 31 heavy (non-hydrogen) atoms. The minimum Gasteiger partial charge on any atom is -0.397 e. The Morgan fingerprint density at radius 1 is 0.968 bits per heavy atom. The second-order valence-corrected chi connectivity index (χ2v) is 9.04. The van der Waals surface area contributed by atoms with E-state index >= 15 is 0 Å². The van der Waals surface area contributed by atoms with E-state index in [1.165, 1.54) is 0 Å². The zero-order valence-electron chi connectivity index (χ0n) is 16.5. The number of hydrogen-bond acceptors (Lipinski definition) is 5. The molecule has 0 aliphatic rings. The lowest BCUT2D eigenvalue weighted by atomic mass is 10.1. The van der Waals surface area contributed by atoms with E-state index in [2.05, 4.69) is 5.32 Å². The van der Waals surface area contributed by atoms with Crippen LogP contribution >= 0.6 is 19.4 Å². The Kier molecular flexibility index (Phi) is 6.53. The quantitative estimate of drug-likeness (QED) is 0.276. The Hall–Kier alpha value is -3.31. The van der Waals surface area contributed by atoms with Crippen LogP contribution in [0, 0.1) is 0 Å². The molecule has 4 rings (SSSR count). The van der Waals surface area contributed by atoms with Gasteiger partial charge in [-0.15, -0.1) is 15.9 Å². The number of rotatable bonds is 7. The van der Waals surface area contributed by atoms with Gasteiger partial charge in [0.2, 0.25) is 5.30 Å². The number of thiophene rings is 1. The fraction of sp³-hybridized carbons (Fsp3) is 0.0417. The van der Waals surface area contributed by atoms with E-state index in [9.17, 15) is 9.36 Å². The summed E-state index contributed by atoms with van der Waals surface area (Å²) in [4.78, 5) is 13.9. The number of anilines is 2. The smallest absolute Gasteiger partial charge is 0.397 e. The van der Waals surface area contributed by atoms with Gasteiger partial charge in [-0.1, -0.05) is 42.5 Å². The molecule has 0 spiro atoms. The van der Waals surface area contributed by atoms with Crippen molar-refractivity contribution in [3.63, 3.8) is 0 Å². The summed E-state index contributed by atoms with van der Waals surface area (Å²) >= 11 is 1.62. The number of nitrogens with one attached hydrogen (secondary N) is 1. The Morgan fingerprint density at radius 3 is 2.58 bits per heavy atom. The molecule has 1 unspecified atom stereocenters. The van der Waals surface area contributed by atoms with Crippen molar-refractivity contribution in [3.05, 3.63) is 101 Å². The van der Waals surface area contributed by atoms with Gasteiger partial charge in [-0.25, -0.2) is 0 Å². The summed E-state index contributed by atoms with van der Waals surface area (Å²) in [5.41, 5.74) is 9.34. The molecule has 0 aliphatic heterocycles. The number of benzene rings is 3. The van der Waals surface area contributed by atoms with Gasteiger partial charge >= 0.3 is 8.03 Å². The van der Waals surface area contributed by atoms with Crippen molar-refractivity contribution >= 4 is 42.0 Å². The Balaban J connectivity index is 1.45. The summed E-state index contributed by atoms with van der Waals surface area (Å²) < 4.78 is 17.8. The van der Waals surface area contributed by atoms with Crippen LogP contribution in [0.25, 0.3) is 10.4 Å². The van der Waals surface area contributed by atoms with Crippen LogP contribution in [0.2, 0.25) is 0 Å². The molecule has 4 aromatic rings. The van der Waals surface area contributed by atoms with Crippen LogP contribution in [0.4, 0.5) is 11.4 Å². The number of amides is 1. The van der Waals surface area contributed by atoms with Crippen LogP contribution in [0.1, 0.15) is 15.9 Å². The van der Waals surface area contributed by atoms with Crippen molar-refractivity contribution in [1.29, 1.82) is 0 Å². The normalized spacial score (nSPS) is 11.2. The third kappa shape index (κ3) is 5.25. The number of hydrogen-bond donors (Lipinski definition) is 2.